The summed E-state index contributed by atoms with van der Waals surface area (Å²) in [5, 5.41) is 33.5. The summed E-state index contributed by atoms with van der Waals surface area (Å²) in [6, 6.07) is 12.7. The zero-order valence-corrected chi connectivity index (χ0v) is 16.2. The van der Waals surface area contributed by atoms with Gasteiger partial charge in [-0.3, -0.25) is 4.79 Å². The van der Waals surface area contributed by atoms with Crippen LogP contribution in [0.25, 0.3) is 0 Å². The zero-order valence-electron chi connectivity index (χ0n) is 16.2. The van der Waals surface area contributed by atoms with Gasteiger partial charge in [0.1, 0.15) is 24.7 Å². The van der Waals surface area contributed by atoms with E-state index >= 15 is 0 Å². The van der Waals surface area contributed by atoms with Gasteiger partial charge in [0.05, 0.1) is 20.8 Å². The minimum absolute atomic E-state index is 0.268. The van der Waals surface area contributed by atoms with E-state index in [4.69, 9.17) is 18.9 Å². The molecule has 0 bridgehead atoms. The topological polar surface area (TPSA) is 115 Å². The fourth-order valence-electron chi connectivity index (χ4n) is 3.39. The number of carbonyl (C=O) groups excluding carboxylic acids is 1. The minimum Gasteiger partial charge on any atom is -0.497 e. The monoisotopic (exact) mass is 404 g/mol. The summed E-state index contributed by atoms with van der Waals surface area (Å²) < 4.78 is 21.0. The lowest BCUT2D eigenvalue weighted by atomic mass is 9.72. The van der Waals surface area contributed by atoms with Crippen LogP contribution in [-0.4, -0.2) is 67.0 Å². The summed E-state index contributed by atoms with van der Waals surface area (Å²) in [5.41, 5.74) is -3.93. The van der Waals surface area contributed by atoms with E-state index in [9.17, 15) is 20.1 Å². The third-order valence-electron chi connectivity index (χ3n) is 5.06. The second-order valence-corrected chi connectivity index (χ2v) is 6.74. The molecule has 0 aromatic heterocycles. The Kier molecular flexibility index (Phi) is 6.21. The first-order valence-electron chi connectivity index (χ1n) is 8.98. The maximum absolute atomic E-state index is 11.9. The molecule has 1 aliphatic rings. The largest absolute Gasteiger partial charge is 0.497 e. The van der Waals surface area contributed by atoms with Crippen molar-refractivity contribution in [3.8, 4) is 11.5 Å². The Morgan fingerprint density at radius 1 is 0.897 bits per heavy atom. The Morgan fingerprint density at radius 3 is 1.66 bits per heavy atom. The molecule has 2 aromatic rings. The van der Waals surface area contributed by atoms with Crippen molar-refractivity contribution in [1.82, 2.24) is 0 Å². The van der Waals surface area contributed by atoms with Crippen LogP contribution in [0.15, 0.2) is 48.5 Å². The number of methoxy groups -OCH3 is 2. The SMILES string of the molecule is COc1ccc(C(O)(c2ccc(OC)cc2)C(O)(CO)C2OCC(=O)CO2)cc1. The lowest BCUT2D eigenvalue weighted by Gasteiger charge is -2.47. The number of benzene rings is 2. The lowest BCUT2D eigenvalue weighted by molar-refractivity contribution is -0.304. The molecule has 1 fully saturated rings. The first kappa shape index (κ1) is 21.2. The summed E-state index contributed by atoms with van der Waals surface area (Å²) in [5.74, 6) is 0.794. The number of Topliss-reactive ketones (excluding diaryl/α,β-unsaturated/α-hetero) is 1. The molecule has 1 saturated heterocycles. The van der Waals surface area contributed by atoms with Gasteiger partial charge in [-0.1, -0.05) is 24.3 Å². The summed E-state index contributed by atoms with van der Waals surface area (Å²) in [7, 11) is 3.02. The average molecular weight is 404 g/mol. The highest BCUT2D eigenvalue weighted by molar-refractivity contribution is 5.81. The molecule has 3 N–H and O–H groups in total. The number of hydrogen-bond acceptors (Lipinski definition) is 8. The van der Waals surface area contributed by atoms with Gasteiger partial charge in [0, 0.05) is 0 Å². The van der Waals surface area contributed by atoms with Crippen molar-refractivity contribution in [2.45, 2.75) is 17.5 Å². The number of aliphatic hydroxyl groups excluding tert-OH is 1. The first-order chi connectivity index (χ1) is 13.9. The molecule has 1 aliphatic heterocycles. The molecule has 1 heterocycles. The van der Waals surface area contributed by atoms with E-state index in [1.165, 1.54) is 14.2 Å². The predicted octanol–water partition coefficient (Wildman–Crippen LogP) is 0.605. The molecule has 3 rings (SSSR count). The van der Waals surface area contributed by atoms with Gasteiger partial charge >= 0.3 is 0 Å². The Labute approximate surface area is 168 Å². The van der Waals surface area contributed by atoms with Crippen molar-refractivity contribution in [2.24, 2.45) is 0 Å². The summed E-state index contributed by atoms with van der Waals surface area (Å²) >= 11 is 0. The van der Waals surface area contributed by atoms with Gasteiger partial charge < -0.3 is 34.3 Å². The quantitative estimate of drug-likeness (QED) is 0.615. The second kappa shape index (κ2) is 8.48. The molecular weight excluding hydrogens is 380 g/mol. The van der Waals surface area contributed by atoms with Gasteiger partial charge in [-0.25, -0.2) is 0 Å². The Bertz CT molecular complexity index is 775. The van der Waals surface area contributed by atoms with E-state index in [1.54, 1.807) is 48.5 Å². The number of ether oxygens (including phenoxy) is 4. The van der Waals surface area contributed by atoms with E-state index < -0.39 is 24.1 Å². The van der Waals surface area contributed by atoms with Crippen LogP contribution in [0.5, 0.6) is 11.5 Å². The van der Waals surface area contributed by atoms with E-state index in [0.29, 0.717) is 11.5 Å². The molecule has 0 radical (unpaired) electrons. The van der Waals surface area contributed by atoms with Crippen molar-refractivity contribution in [3.63, 3.8) is 0 Å². The van der Waals surface area contributed by atoms with Gasteiger partial charge in [-0.15, -0.1) is 0 Å². The van der Waals surface area contributed by atoms with Crippen molar-refractivity contribution in [3.05, 3.63) is 59.7 Å². The standard InChI is InChI=1S/C21H24O8/c1-26-17-7-3-14(4-8-17)21(25,15-5-9-18(27-2)10-6-15)20(24,13-22)19-28-11-16(23)12-29-19/h3-10,19,22,24-25H,11-13H2,1-2H3. The van der Waals surface area contributed by atoms with Gasteiger partial charge in [0.25, 0.3) is 0 Å². The maximum Gasteiger partial charge on any atom is 0.193 e. The molecule has 0 aliphatic carbocycles. The lowest BCUT2D eigenvalue weighted by Crippen LogP contribution is -2.65. The Balaban J connectivity index is 2.15. The number of rotatable bonds is 7. The molecule has 2 aromatic carbocycles. The number of aliphatic hydroxyl groups is 3. The van der Waals surface area contributed by atoms with Gasteiger partial charge in [0.2, 0.25) is 0 Å². The van der Waals surface area contributed by atoms with E-state index in [2.05, 4.69) is 0 Å². The number of carbonyl (C=O) groups is 1. The summed E-state index contributed by atoms with van der Waals surface area (Å²) in [4.78, 5) is 11.5. The van der Waals surface area contributed by atoms with Crippen LogP contribution in [0.1, 0.15) is 11.1 Å². The van der Waals surface area contributed by atoms with Crippen molar-refractivity contribution in [2.75, 3.05) is 34.0 Å². The normalized spacial score (nSPS) is 17.6. The van der Waals surface area contributed by atoms with E-state index in [-0.39, 0.29) is 30.1 Å². The van der Waals surface area contributed by atoms with Crippen LogP contribution in [-0.2, 0) is 19.9 Å². The molecule has 156 valence electrons. The number of ketones is 1. The fraction of sp³-hybridized carbons (Fsp3) is 0.381. The van der Waals surface area contributed by atoms with Crippen molar-refractivity contribution >= 4 is 5.78 Å². The van der Waals surface area contributed by atoms with Crippen LogP contribution in [0.3, 0.4) is 0 Å². The molecule has 29 heavy (non-hydrogen) atoms. The third-order valence-corrected chi connectivity index (χ3v) is 5.06. The Morgan fingerprint density at radius 2 is 1.31 bits per heavy atom. The highest BCUT2D eigenvalue weighted by atomic mass is 16.7. The van der Waals surface area contributed by atoms with Crippen LogP contribution in [0.4, 0.5) is 0 Å². The van der Waals surface area contributed by atoms with Crippen LogP contribution in [0, 0.1) is 0 Å². The van der Waals surface area contributed by atoms with E-state index in [1.807, 2.05) is 0 Å². The summed E-state index contributed by atoms with van der Waals surface area (Å²) in [6.07, 6.45) is -1.44. The van der Waals surface area contributed by atoms with Gasteiger partial charge in [-0.05, 0) is 35.4 Å². The summed E-state index contributed by atoms with van der Waals surface area (Å²) in [6.45, 7) is -1.50. The van der Waals surface area contributed by atoms with Gasteiger partial charge in [0.15, 0.2) is 23.3 Å². The molecule has 8 nitrogen and oxygen atoms in total. The molecular formula is C21H24O8. The third kappa shape index (κ3) is 3.73. The first-order valence-corrected chi connectivity index (χ1v) is 8.98. The molecule has 1 atom stereocenters. The van der Waals surface area contributed by atoms with Crippen molar-refractivity contribution < 1.29 is 39.1 Å². The molecule has 0 saturated carbocycles. The highest BCUT2D eigenvalue weighted by Gasteiger charge is 2.58. The predicted molar refractivity (Wildman–Crippen MR) is 102 cm³/mol. The molecule has 0 amide bonds. The van der Waals surface area contributed by atoms with E-state index in [0.717, 1.165) is 0 Å². The molecule has 1 unspecified atom stereocenters. The minimum atomic E-state index is -2.32. The van der Waals surface area contributed by atoms with Crippen molar-refractivity contribution in [1.29, 1.82) is 0 Å². The molecule has 0 spiro atoms. The van der Waals surface area contributed by atoms with Crippen LogP contribution in [0.2, 0.25) is 0 Å². The van der Waals surface area contributed by atoms with Crippen LogP contribution >= 0.6 is 0 Å². The highest BCUT2D eigenvalue weighted by Crippen LogP contribution is 2.43. The maximum atomic E-state index is 11.9. The average Bonchev–Trinajstić information content (AvgIpc) is 2.78. The second-order valence-electron chi connectivity index (χ2n) is 6.74. The Hall–Kier alpha value is -2.49. The van der Waals surface area contributed by atoms with Crippen LogP contribution < -0.4 is 9.47 Å². The zero-order chi connectivity index (χ0) is 21.1. The fourth-order valence-corrected chi connectivity index (χ4v) is 3.39. The van der Waals surface area contributed by atoms with Gasteiger partial charge in [-0.2, -0.15) is 0 Å². The smallest absolute Gasteiger partial charge is 0.193 e. The number of hydrogen-bond donors (Lipinski definition) is 3. The molecule has 8 heteroatoms.